The number of amidine groups is 1. The molecule has 1 aromatic heterocycles. The zero-order valence-electron chi connectivity index (χ0n) is 11.1. The molecule has 1 saturated heterocycles. The predicted molar refractivity (Wildman–Crippen MR) is 76.3 cm³/mol. The lowest BCUT2D eigenvalue weighted by Crippen LogP contribution is -2.39. The van der Waals surface area contributed by atoms with Crippen LogP contribution in [0.2, 0.25) is 0 Å². The molecule has 3 N–H and O–H groups in total. The minimum Gasteiger partial charge on any atom is -0.409 e. The van der Waals surface area contributed by atoms with Crippen molar-refractivity contribution < 1.29 is 9.42 Å². The maximum Gasteiger partial charge on any atom is 0.174 e. The van der Waals surface area contributed by atoms with Crippen molar-refractivity contribution in [3.05, 3.63) is 23.0 Å². The van der Waals surface area contributed by atoms with Crippen LogP contribution in [0.15, 0.2) is 11.2 Å². The number of aromatic nitrogens is 1. The maximum atomic E-state index is 11.4. The van der Waals surface area contributed by atoms with E-state index in [0.717, 1.165) is 17.1 Å². The summed E-state index contributed by atoms with van der Waals surface area (Å²) < 4.78 is 11.4. The van der Waals surface area contributed by atoms with Crippen molar-refractivity contribution in [3.63, 3.8) is 0 Å². The number of nitrogens with zero attached hydrogens (tertiary/aromatic N) is 3. The molecule has 0 bridgehead atoms. The molecule has 104 valence electrons. The van der Waals surface area contributed by atoms with Gasteiger partial charge in [-0.2, -0.15) is 0 Å². The smallest absolute Gasteiger partial charge is 0.174 e. The molecule has 1 aliphatic heterocycles. The van der Waals surface area contributed by atoms with Crippen LogP contribution in [0.4, 0.5) is 5.69 Å². The van der Waals surface area contributed by atoms with Crippen molar-refractivity contribution in [2.24, 2.45) is 10.9 Å². The van der Waals surface area contributed by atoms with E-state index in [4.69, 9.17) is 10.9 Å². The van der Waals surface area contributed by atoms with Gasteiger partial charge in [-0.25, -0.2) is 0 Å². The fraction of sp³-hybridized carbons (Fsp3) is 0.500. The van der Waals surface area contributed by atoms with Gasteiger partial charge in [0.05, 0.1) is 16.9 Å². The molecule has 0 spiro atoms. The van der Waals surface area contributed by atoms with Crippen molar-refractivity contribution in [2.45, 2.75) is 13.8 Å². The van der Waals surface area contributed by atoms with Crippen molar-refractivity contribution in [3.8, 4) is 0 Å². The number of nitrogens with two attached hydrogens (primary N) is 1. The van der Waals surface area contributed by atoms with Gasteiger partial charge in [0.15, 0.2) is 5.84 Å². The number of rotatable bonds is 2. The molecule has 7 heteroatoms. The third kappa shape index (κ3) is 2.86. The molecule has 1 aromatic rings. The Kier molecular flexibility index (Phi) is 4.04. The molecule has 0 aliphatic carbocycles. The first-order chi connectivity index (χ1) is 9.02. The molecule has 0 atom stereocenters. The summed E-state index contributed by atoms with van der Waals surface area (Å²) in [6.45, 7) is 5.17. The molecule has 19 heavy (non-hydrogen) atoms. The Bertz CT molecular complexity index is 535. The third-order valence-electron chi connectivity index (χ3n) is 3.19. The molecule has 2 heterocycles. The van der Waals surface area contributed by atoms with Crippen LogP contribution in [0.3, 0.4) is 0 Å². The van der Waals surface area contributed by atoms with Crippen molar-refractivity contribution in [1.82, 2.24) is 4.98 Å². The van der Waals surface area contributed by atoms with E-state index in [9.17, 15) is 4.21 Å². The van der Waals surface area contributed by atoms with Crippen LogP contribution in [0.1, 0.15) is 17.0 Å². The van der Waals surface area contributed by atoms with Crippen LogP contribution < -0.4 is 10.6 Å². The lowest BCUT2D eigenvalue weighted by atomic mass is 10.1. The highest BCUT2D eigenvalue weighted by atomic mass is 32.2. The summed E-state index contributed by atoms with van der Waals surface area (Å²) in [4.78, 5) is 6.48. The van der Waals surface area contributed by atoms with E-state index in [1.807, 2.05) is 19.9 Å². The molecule has 2 rings (SSSR count). The Morgan fingerprint density at radius 2 is 2.11 bits per heavy atom. The van der Waals surface area contributed by atoms with Gasteiger partial charge >= 0.3 is 0 Å². The second-order valence-corrected chi connectivity index (χ2v) is 6.26. The number of hydrogen-bond acceptors (Lipinski definition) is 5. The zero-order chi connectivity index (χ0) is 14.0. The van der Waals surface area contributed by atoms with Gasteiger partial charge in [0.1, 0.15) is 0 Å². The van der Waals surface area contributed by atoms with Crippen LogP contribution in [-0.4, -0.2) is 44.8 Å². The number of aryl methyl sites for hydroxylation is 2. The molecular weight excluding hydrogens is 264 g/mol. The zero-order valence-corrected chi connectivity index (χ0v) is 11.9. The highest BCUT2D eigenvalue weighted by Crippen LogP contribution is 2.25. The number of oxime groups is 1. The molecular formula is C12H18N4O2S. The molecule has 1 aliphatic rings. The average Bonchev–Trinajstić information content (AvgIpc) is 2.38. The minimum absolute atomic E-state index is 0.0618. The van der Waals surface area contributed by atoms with Crippen LogP contribution in [0.5, 0.6) is 0 Å². The first kappa shape index (κ1) is 13.8. The summed E-state index contributed by atoms with van der Waals surface area (Å²) in [5.41, 5.74) is 8.92. The van der Waals surface area contributed by atoms with Crippen molar-refractivity contribution in [1.29, 1.82) is 0 Å². The van der Waals surface area contributed by atoms with E-state index >= 15 is 0 Å². The fourth-order valence-corrected chi connectivity index (χ4v) is 3.36. The van der Waals surface area contributed by atoms with E-state index in [0.29, 0.717) is 30.2 Å². The molecule has 0 unspecified atom stereocenters. The fourth-order valence-electron chi connectivity index (χ4n) is 2.30. The van der Waals surface area contributed by atoms with Gasteiger partial charge in [-0.3, -0.25) is 9.19 Å². The van der Waals surface area contributed by atoms with Gasteiger partial charge in [0, 0.05) is 41.1 Å². The van der Waals surface area contributed by atoms with Gasteiger partial charge in [-0.15, -0.1) is 0 Å². The quantitative estimate of drug-likeness (QED) is 0.354. The highest BCUT2D eigenvalue weighted by molar-refractivity contribution is 7.85. The lowest BCUT2D eigenvalue weighted by molar-refractivity contribution is 0.318. The van der Waals surface area contributed by atoms with Gasteiger partial charge in [0.25, 0.3) is 0 Å². The molecule has 6 nitrogen and oxygen atoms in total. The summed E-state index contributed by atoms with van der Waals surface area (Å²) in [6.07, 6.45) is 0. The molecule has 0 radical (unpaired) electrons. The highest BCUT2D eigenvalue weighted by Gasteiger charge is 2.21. The van der Waals surface area contributed by atoms with E-state index in [1.165, 1.54) is 0 Å². The van der Waals surface area contributed by atoms with E-state index in [-0.39, 0.29) is 5.84 Å². The molecule has 0 amide bonds. The topological polar surface area (TPSA) is 91.8 Å². The van der Waals surface area contributed by atoms with Crippen LogP contribution in [0.25, 0.3) is 0 Å². The van der Waals surface area contributed by atoms with Gasteiger partial charge in [-0.1, -0.05) is 5.16 Å². The summed E-state index contributed by atoms with van der Waals surface area (Å²) in [7, 11) is -0.733. The minimum atomic E-state index is -0.733. The maximum absolute atomic E-state index is 11.4. The van der Waals surface area contributed by atoms with Crippen LogP contribution in [-0.2, 0) is 10.8 Å². The van der Waals surface area contributed by atoms with Gasteiger partial charge in [0.2, 0.25) is 0 Å². The van der Waals surface area contributed by atoms with Gasteiger partial charge < -0.3 is 15.8 Å². The monoisotopic (exact) mass is 282 g/mol. The summed E-state index contributed by atoms with van der Waals surface area (Å²) in [5, 5.41) is 12.0. The second-order valence-electron chi connectivity index (χ2n) is 4.56. The Balaban J connectivity index is 2.46. The summed E-state index contributed by atoms with van der Waals surface area (Å²) >= 11 is 0. The number of hydrogen-bond donors (Lipinski definition) is 2. The van der Waals surface area contributed by atoms with Crippen LogP contribution in [0, 0.1) is 13.8 Å². The third-order valence-corrected chi connectivity index (χ3v) is 4.47. The standard InChI is InChI=1S/C12H18N4O2S/c1-8-7-10(16-3-5-19(18)6-4-16)11(9(2)14-8)12(13)15-17/h7,17H,3-6H2,1-2H3,(H2,13,15). The van der Waals surface area contributed by atoms with E-state index in [2.05, 4.69) is 15.0 Å². The van der Waals surface area contributed by atoms with Crippen molar-refractivity contribution in [2.75, 3.05) is 29.5 Å². The SMILES string of the molecule is Cc1cc(N2CCS(=O)CC2)c(/C(N)=N/O)c(C)n1. The summed E-state index contributed by atoms with van der Waals surface area (Å²) in [5.74, 6) is 1.36. The Morgan fingerprint density at radius 3 is 2.68 bits per heavy atom. The Hall–Kier alpha value is -1.63. The predicted octanol–water partition coefficient (Wildman–Crippen LogP) is 0.362. The van der Waals surface area contributed by atoms with E-state index in [1.54, 1.807) is 0 Å². The Morgan fingerprint density at radius 1 is 1.47 bits per heavy atom. The van der Waals surface area contributed by atoms with E-state index < -0.39 is 10.8 Å². The second kappa shape index (κ2) is 5.56. The molecule has 0 aromatic carbocycles. The molecule has 1 fully saturated rings. The number of anilines is 1. The largest absolute Gasteiger partial charge is 0.409 e. The first-order valence-electron chi connectivity index (χ1n) is 6.09. The normalized spacial score (nSPS) is 17.8. The molecule has 0 saturated carbocycles. The summed E-state index contributed by atoms with van der Waals surface area (Å²) in [6, 6.07) is 1.93. The van der Waals surface area contributed by atoms with Crippen molar-refractivity contribution >= 4 is 22.3 Å². The Labute approximate surface area is 114 Å². The average molecular weight is 282 g/mol. The number of pyridine rings is 1. The lowest BCUT2D eigenvalue weighted by Gasteiger charge is -2.30. The van der Waals surface area contributed by atoms with Crippen LogP contribution >= 0.6 is 0 Å². The first-order valence-corrected chi connectivity index (χ1v) is 7.57. The van der Waals surface area contributed by atoms with Gasteiger partial charge in [-0.05, 0) is 19.9 Å².